The van der Waals surface area contributed by atoms with Crippen LogP contribution in [-0.2, 0) is 19.6 Å². The molecule has 0 aromatic heterocycles. The van der Waals surface area contributed by atoms with Gasteiger partial charge in [-0.3, -0.25) is 24.2 Å². The zero-order valence-corrected chi connectivity index (χ0v) is 19.9. The third kappa shape index (κ3) is 5.66. The Kier molecular flexibility index (Phi) is 7.89. The predicted molar refractivity (Wildman–Crippen MR) is 123 cm³/mol. The van der Waals surface area contributed by atoms with Crippen molar-refractivity contribution in [1.29, 1.82) is 0 Å². The van der Waals surface area contributed by atoms with Gasteiger partial charge in [-0.15, -0.1) is 0 Å². The highest BCUT2D eigenvalue weighted by atomic mass is 32.2. The standard InChI is InChI=1S/C22H33N5O4S/c1-4-5-10-18(23-21-17-9-6-7-11-19(17)32(30,31)24-21)22(29)27-13-8-12-26(14-15-27)16-20(28)25(2)3/h6-7,9,11,18H,4-5,8,10,12-16H2,1-3H3,(H,23,24)/t18-/m1/s1. The van der Waals surface area contributed by atoms with Gasteiger partial charge >= 0.3 is 0 Å². The smallest absolute Gasteiger partial charge is 0.263 e. The molecule has 1 aromatic rings. The molecular weight excluding hydrogens is 430 g/mol. The Morgan fingerprint density at radius 3 is 2.62 bits per heavy atom. The van der Waals surface area contributed by atoms with Crippen molar-refractivity contribution in [2.24, 2.45) is 4.99 Å². The first kappa shape index (κ1) is 24.2. The van der Waals surface area contributed by atoms with Crippen LogP contribution in [0.1, 0.15) is 38.2 Å². The Labute approximate surface area is 190 Å². The van der Waals surface area contributed by atoms with Gasteiger partial charge < -0.3 is 9.80 Å². The lowest BCUT2D eigenvalue weighted by atomic mass is 10.1. The average molecular weight is 464 g/mol. The van der Waals surface area contributed by atoms with Crippen molar-refractivity contribution in [2.45, 2.75) is 43.5 Å². The highest BCUT2D eigenvalue weighted by molar-refractivity contribution is 7.90. The molecule has 1 aromatic carbocycles. The van der Waals surface area contributed by atoms with E-state index in [1.165, 1.54) is 0 Å². The van der Waals surface area contributed by atoms with Crippen molar-refractivity contribution in [3.63, 3.8) is 0 Å². The van der Waals surface area contributed by atoms with Gasteiger partial charge in [0, 0.05) is 45.8 Å². The number of likely N-dealkylation sites (N-methyl/N-ethyl adjacent to an activating group) is 1. The summed E-state index contributed by atoms with van der Waals surface area (Å²) in [4.78, 5) is 35.7. The maximum absolute atomic E-state index is 13.4. The number of unbranched alkanes of at least 4 members (excludes halogenated alkanes) is 1. The van der Waals surface area contributed by atoms with Gasteiger partial charge in [0.05, 0.1) is 11.4 Å². The summed E-state index contributed by atoms with van der Waals surface area (Å²) >= 11 is 0. The number of hydrogen-bond acceptors (Lipinski definition) is 6. The first-order valence-corrected chi connectivity index (χ1v) is 12.6. The van der Waals surface area contributed by atoms with Crippen LogP contribution in [0, 0.1) is 0 Å². The van der Waals surface area contributed by atoms with Gasteiger partial charge in [0.1, 0.15) is 11.9 Å². The van der Waals surface area contributed by atoms with Gasteiger partial charge in [0.25, 0.3) is 10.0 Å². The molecule has 2 aliphatic heterocycles. The zero-order valence-electron chi connectivity index (χ0n) is 19.1. The number of carbonyl (C=O) groups is 2. The number of rotatable bonds is 7. The topological polar surface area (TPSA) is 102 Å². The molecular formula is C22H33N5O4S. The number of fused-ring (bicyclic) bond motifs is 1. The molecule has 9 nitrogen and oxygen atoms in total. The van der Waals surface area contributed by atoms with Crippen LogP contribution < -0.4 is 4.72 Å². The van der Waals surface area contributed by atoms with E-state index in [1.807, 2.05) is 6.92 Å². The molecule has 2 heterocycles. The Morgan fingerprint density at radius 1 is 1.16 bits per heavy atom. The number of carbonyl (C=O) groups excluding carboxylic acids is 2. The fraction of sp³-hybridized carbons (Fsp3) is 0.591. The van der Waals surface area contributed by atoms with Gasteiger partial charge in [0.2, 0.25) is 11.8 Å². The molecule has 0 radical (unpaired) electrons. The third-order valence-electron chi connectivity index (χ3n) is 5.82. The summed E-state index contributed by atoms with van der Waals surface area (Å²) in [6, 6.07) is 6.04. The third-order valence-corrected chi connectivity index (χ3v) is 7.22. The molecule has 2 aliphatic rings. The van der Waals surface area contributed by atoms with Crippen molar-refractivity contribution < 1.29 is 18.0 Å². The average Bonchev–Trinajstić information content (AvgIpc) is 2.89. The van der Waals surface area contributed by atoms with Crippen molar-refractivity contribution in [3.8, 4) is 0 Å². The number of sulfonamides is 1. The van der Waals surface area contributed by atoms with Crippen LogP contribution >= 0.6 is 0 Å². The Morgan fingerprint density at radius 2 is 1.91 bits per heavy atom. The second-order valence-corrected chi connectivity index (χ2v) is 10.1. The minimum Gasteiger partial charge on any atom is -0.348 e. The second kappa shape index (κ2) is 10.4. The Hall–Kier alpha value is -2.46. The van der Waals surface area contributed by atoms with Crippen LogP contribution in [0.4, 0.5) is 0 Å². The molecule has 0 unspecified atom stereocenters. The maximum atomic E-state index is 13.4. The Balaban J connectivity index is 1.76. The molecule has 0 bridgehead atoms. The molecule has 32 heavy (non-hydrogen) atoms. The fourth-order valence-corrected chi connectivity index (χ4v) is 5.16. The molecule has 1 atom stereocenters. The molecule has 1 fully saturated rings. The predicted octanol–water partition coefficient (Wildman–Crippen LogP) is 0.906. The van der Waals surface area contributed by atoms with E-state index in [1.54, 1.807) is 48.2 Å². The number of nitrogens with zero attached hydrogens (tertiary/aromatic N) is 4. The summed E-state index contributed by atoms with van der Waals surface area (Å²) in [5.74, 6) is 0.197. The fourth-order valence-electron chi connectivity index (χ4n) is 3.92. The number of benzene rings is 1. The summed E-state index contributed by atoms with van der Waals surface area (Å²) in [6.45, 7) is 4.89. The van der Waals surface area contributed by atoms with Gasteiger partial charge in [-0.05, 0) is 25.0 Å². The second-order valence-electron chi connectivity index (χ2n) is 8.48. The summed E-state index contributed by atoms with van der Waals surface area (Å²) in [5.41, 5.74) is 0.506. The van der Waals surface area contributed by atoms with E-state index in [0.717, 1.165) is 25.8 Å². The van der Waals surface area contributed by atoms with E-state index in [2.05, 4.69) is 14.6 Å². The molecule has 1 N–H and O–H groups in total. The van der Waals surface area contributed by atoms with Crippen LogP contribution in [0.2, 0.25) is 0 Å². The van der Waals surface area contributed by atoms with E-state index in [9.17, 15) is 18.0 Å². The number of amidine groups is 1. The van der Waals surface area contributed by atoms with Gasteiger partial charge in [-0.1, -0.05) is 31.9 Å². The lowest BCUT2D eigenvalue weighted by molar-refractivity contribution is -0.132. The Bertz CT molecular complexity index is 976. The molecule has 176 valence electrons. The lowest BCUT2D eigenvalue weighted by Gasteiger charge is -2.25. The van der Waals surface area contributed by atoms with Gasteiger partial charge in [-0.2, -0.15) is 0 Å². The highest BCUT2D eigenvalue weighted by Crippen LogP contribution is 2.23. The summed E-state index contributed by atoms with van der Waals surface area (Å²) in [5, 5.41) is 0. The summed E-state index contributed by atoms with van der Waals surface area (Å²) in [6.07, 6.45) is 3.07. The summed E-state index contributed by atoms with van der Waals surface area (Å²) in [7, 11) is -0.174. The SMILES string of the molecule is CCCC[C@@H](N=C1NS(=O)(=O)c2ccccc21)C(=O)N1CCCN(CC(=O)N(C)C)CC1. The maximum Gasteiger partial charge on any atom is 0.263 e. The number of aliphatic imine (C=N–C) groups is 1. The minimum absolute atomic E-state index is 0.0455. The largest absolute Gasteiger partial charge is 0.348 e. The molecule has 0 aliphatic carbocycles. The van der Waals surface area contributed by atoms with Crippen LogP contribution in [-0.4, -0.2) is 93.6 Å². The molecule has 1 saturated heterocycles. The summed E-state index contributed by atoms with van der Waals surface area (Å²) < 4.78 is 27.4. The van der Waals surface area contributed by atoms with E-state index in [0.29, 0.717) is 38.2 Å². The quantitative estimate of drug-likeness (QED) is 0.648. The number of hydrogen-bond donors (Lipinski definition) is 1. The van der Waals surface area contributed by atoms with E-state index >= 15 is 0 Å². The van der Waals surface area contributed by atoms with Crippen LogP contribution in [0.5, 0.6) is 0 Å². The molecule has 0 saturated carbocycles. The zero-order chi connectivity index (χ0) is 23.3. The van der Waals surface area contributed by atoms with Crippen LogP contribution in [0.25, 0.3) is 0 Å². The molecule has 3 rings (SSSR count). The van der Waals surface area contributed by atoms with Crippen molar-refractivity contribution in [2.75, 3.05) is 46.8 Å². The van der Waals surface area contributed by atoms with Gasteiger partial charge in [0.15, 0.2) is 0 Å². The van der Waals surface area contributed by atoms with E-state index in [4.69, 9.17) is 0 Å². The van der Waals surface area contributed by atoms with E-state index in [-0.39, 0.29) is 22.5 Å². The number of nitrogens with one attached hydrogen (secondary N) is 1. The monoisotopic (exact) mass is 463 g/mol. The van der Waals surface area contributed by atoms with Crippen molar-refractivity contribution in [1.82, 2.24) is 19.4 Å². The van der Waals surface area contributed by atoms with Crippen molar-refractivity contribution >= 4 is 27.7 Å². The van der Waals surface area contributed by atoms with Crippen LogP contribution in [0.3, 0.4) is 0 Å². The first-order valence-electron chi connectivity index (χ1n) is 11.1. The van der Waals surface area contributed by atoms with Crippen LogP contribution in [0.15, 0.2) is 34.2 Å². The lowest BCUT2D eigenvalue weighted by Crippen LogP contribution is -2.42. The van der Waals surface area contributed by atoms with Crippen molar-refractivity contribution in [3.05, 3.63) is 29.8 Å². The molecule has 2 amide bonds. The highest BCUT2D eigenvalue weighted by Gasteiger charge is 2.33. The first-order chi connectivity index (χ1) is 15.2. The van der Waals surface area contributed by atoms with E-state index < -0.39 is 16.1 Å². The normalized spacial score (nSPS) is 20.3. The van der Waals surface area contributed by atoms with Gasteiger partial charge in [-0.25, -0.2) is 8.42 Å². The molecule has 10 heteroatoms. The number of amides is 2. The molecule has 0 spiro atoms. The minimum atomic E-state index is -3.65.